The van der Waals surface area contributed by atoms with Crippen LogP contribution in [0.1, 0.15) is 23.6 Å². The number of halogens is 2. The minimum absolute atomic E-state index is 0.192. The first-order valence-corrected chi connectivity index (χ1v) is 10.8. The van der Waals surface area contributed by atoms with Crippen LogP contribution in [0, 0.1) is 0 Å². The van der Waals surface area contributed by atoms with E-state index in [9.17, 15) is 4.79 Å². The second-order valence-electron chi connectivity index (χ2n) is 7.36. The molecule has 1 saturated heterocycles. The molecule has 0 aliphatic carbocycles. The molecule has 0 radical (unpaired) electrons. The van der Waals surface area contributed by atoms with Gasteiger partial charge in [-0.3, -0.25) is 0 Å². The first-order chi connectivity index (χ1) is 15.0. The maximum atomic E-state index is 13.1. The summed E-state index contributed by atoms with van der Waals surface area (Å²) >= 11 is 12.3. The molecule has 3 aromatic rings. The highest BCUT2D eigenvalue weighted by molar-refractivity contribution is 6.42. The Bertz CT molecular complexity index is 1000. The summed E-state index contributed by atoms with van der Waals surface area (Å²) in [6.07, 6.45) is 0. The summed E-state index contributed by atoms with van der Waals surface area (Å²) in [6, 6.07) is 24.9. The largest absolute Gasteiger partial charge is 0.462 e. The molecule has 1 aliphatic heterocycles. The number of hydrogen-bond acceptors (Lipinski definition) is 4. The molecule has 160 valence electrons. The van der Waals surface area contributed by atoms with Gasteiger partial charge in [0.2, 0.25) is 0 Å². The monoisotopic (exact) mass is 456 g/mol. The lowest BCUT2D eigenvalue weighted by Gasteiger charge is -2.45. The molecule has 0 amide bonds. The Morgan fingerprint density at radius 1 is 0.839 bits per heavy atom. The Hall–Kier alpha value is -2.37. The van der Waals surface area contributed by atoms with E-state index in [1.807, 2.05) is 60.7 Å². The van der Waals surface area contributed by atoms with Crippen LogP contribution in [0.2, 0.25) is 10.0 Å². The van der Waals surface area contributed by atoms with Crippen molar-refractivity contribution < 1.29 is 19.0 Å². The van der Waals surface area contributed by atoms with Crippen LogP contribution in [-0.4, -0.2) is 25.8 Å². The van der Waals surface area contributed by atoms with E-state index < -0.39 is 17.2 Å². The van der Waals surface area contributed by atoms with Crippen molar-refractivity contribution in [3.8, 4) is 0 Å². The van der Waals surface area contributed by atoms with E-state index in [4.69, 9.17) is 37.4 Å². The quantitative estimate of drug-likeness (QED) is 0.459. The molecule has 0 bridgehead atoms. The van der Waals surface area contributed by atoms with E-state index >= 15 is 0 Å². The molecule has 0 saturated carbocycles. The van der Waals surface area contributed by atoms with Gasteiger partial charge >= 0.3 is 5.97 Å². The Kier molecular flexibility index (Phi) is 6.35. The standard InChI is InChI=1S/C25H22Cl2O4/c1-2-29-23(28)25(20-13-14-21(26)22(27)15-20)30-16-24(17-31-25,18-9-5-3-6-10-18)19-11-7-4-8-12-19/h3-15H,2,16-17H2,1H3. The van der Waals surface area contributed by atoms with Crippen molar-refractivity contribution in [2.45, 2.75) is 18.1 Å². The van der Waals surface area contributed by atoms with Crippen molar-refractivity contribution in [1.82, 2.24) is 0 Å². The summed E-state index contributed by atoms with van der Waals surface area (Å²) in [5, 5.41) is 0.682. The Morgan fingerprint density at radius 3 is 1.87 bits per heavy atom. The molecule has 1 fully saturated rings. The van der Waals surface area contributed by atoms with E-state index in [0.29, 0.717) is 15.6 Å². The van der Waals surface area contributed by atoms with E-state index in [-0.39, 0.29) is 19.8 Å². The second kappa shape index (κ2) is 9.01. The lowest BCUT2D eigenvalue weighted by atomic mass is 9.75. The third-order valence-corrected chi connectivity index (χ3v) is 6.28. The van der Waals surface area contributed by atoms with Gasteiger partial charge in [0.25, 0.3) is 5.79 Å². The summed E-state index contributed by atoms with van der Waals surface area (Å²) in [6.45, 7) is 2.35. The smallest absolute Gasteiger partial charge is 0.372 e. The van der Waals surface area contributed by atoms with Crippen molar-refractivity contribution in [3.05, 3.63) is 106 Å². The van der Waals surface area contributed by atoms with Crippen molar-refractivity contribution in [2.24, 2.45) is 0 Å². The molecule has 31 heavy (non-hydrogen) atoms. The minimum Gasteiger partial charge on any atom is -0.462 e. The number of carbonyl (C=O) groups is 1. The normalized spacial score (nSPS) is 17.1. The predicted molar refractivity (Wildman–Crippen MR) is 120 cm³/mol. The lowest BCUT2D eigenvalue weighted by molar-refractivity contribution is -0.290. The zero-order valence-corrected chi connectivity index (χ0v) is 18.5. The summed E-state index contributed by atoms with van der Waals surface area (Å²) in [5.41, 5.74) is 1.92. The first kappa shape index (κ1) is 21.8. The van der Waals surface area contributed by atoms with Crippen LogP contribution in [-0.2, 0) is 30.2 Å². The summed E-state index contributed by atoms with van der Waals surface area (Å²) in [4.78, 5) is 13.1. The van der Waals surface area contributed by atoms with Crippen LogP contribution in [0.25, 0.3) is 0 Å². The van der Waals surface area contributed by atoms with Crippen molar-refractivity contribution in [1.29, 1.82) is 0 Å². The van der Waals surface area contributed by atoms with E-state index in [1.54, 1.807) is 25.1 Å². The highest BCUT2D eigenvalue weighted by Gasteiger charge is 2.53. The van der Waals surface area contributed by atoms with Crippen LogP contribution in [0.5, 0.6) is 0 Å². The van der Waals surface area contributed by atoms with Crippen molar-refractivity contribution >= 4 is 29.2 Å². The SMILES string of the molecule is CCOC(=O)C1(c2ccc(Cl)c(Cl)c2)OCC(c2ccccc2)(c2ccccc2)CO1. The van der Waals surface area contributed by atoms with Crippen molar-refractivity contribution in [3.63, 3.8) is 0 Å². The van der Waals surface area contributed by atoms with Gasteiger partial charge in [-0.05, 0) is 30.2 Å². The zero-order chi connectivity index (χ0) is 21.9. The molecule has 0 unspecified atom stereocenters. The van der Waals surface area contributed by atoms with E-state index in [1.165, 1.54) is 0 Å². The molecule has 0 aromatic heterocycles. The molecule has 6 heteroatoms. The highest BCUT2D eigenvalue weighted by Crippen LogP contribution is 2.44. The number of ether oxygens (including phenoxy) is 3. The molecule has 1 aliphatic rings. The molecule has 0 N–H and O–H groups in total. The fourth-order valence-electron chi connectivity index (χ4n) is 3.88. The van der Waals surface area contributed by atoms with Crippen LogP contribution in [0.4, 0.5) is 0 Å². The number of benzene rings is 3. The van der Waals surface area contributed by atoms with Crippen LogP contribution in [0.3, 0.4) is 0 Å². The third kappa shape index (κ3) is 3.97. The second-order valence-corrected chi connectivity index (χ2v) is 8.17. The van der Waals surface area contributed by atoms with Gasteiger partial charge in [0.1, 0.15) is 0 Å². The molecule has 3 aromatic carbocycles. The summed E-state index contributed by atoms with van der Waals surface area (Å²) in [5.74, 6) is -2.35. The summed E-state index contributed by atoms with van der Waals surface area (Å²) in [7, 11) is 0. The first-order valence-electron chi connectivity index (χ1n) is 10.0. The average molecular weight is 457 g/mol. The van der Waals surface area contributed by atoms with Gasteiger partial charge in [0.05, 0.1) is 35.3 Å². The van der Waals surface area contributed by atoms with E-state index in [2.05, 4.69) is 0 Å². The number of rotatable bonds is 5. The third-order valence-electron chi connectivity index (χ3n) is 5.54. The predicted octanol–water partition coefficient (Wildman–Crippen LogP) is 5.74. The molecule has 0 spiro atoms. The zero-order valence-electron chi connectivity index (χ0n) is 17.0. The fourth-order valence-corrected chi connectivity index (χ4v) is 4.17. The van der Waals surface area contributed by atoms with E-state index in [0.717, 1.165) is 11.1 Å². The van der Waals surface area contributed by atoms with Gasteiger partial charge in [-0.1, -0.05) is 89.9 Å². The Labute approximate surface area is 191 Å². The lowest BCUT2D eigenvalue weighted by Crippen LogP contribution is -2.55. The summed E-state index contributed by atoms with van der Waals surface area (Å²) < 4.78 is 17.9. The molecule has 1 heterocycles. The molecule has 4 rings (SSSR count). The number of hydrogen-bond donors (Lipinski definition) is 0. The van der Waals surface area contributed by atoms with Gasteiger partial charge in [-0.25, -0.2) is 4.79 Å². The number of carbonyl (C=O) groups excluding carboxylic acids is 1. The van der Waals surface area contributed by atoms with Gasteiger partial charge in [-0.2, -0.15) is 0 Å². The molecule has 4 nitrogen and oxygen atoms in total. The number of esters is 1. The van der Waals surface area contributed by atoms with Crippen molar-refractivity contribution in [2.75, 3.05) is 19.8 Å². The Balaban J connectivity index is 1.78. The maximum absolute atomic E-state index is 13.1. The van der Waals surface area contributed by atoms with Gasteiger partial charge in [-0.15, -0.1) is 0 Å². The van der Waals surface area contributed by atoms with Crippen LogP contribution in [0.15, 0.2) is 78.9 Å². The topological polar surface area (TPSA) is 44.8 Å². The molecular formula is C25H22Cl2O4. The Morgan fingerprint density at radius 2 is 1.39 bits per heavy atom. The van der Waals surface area contributed by atoms with Gasteiger partial charge in [0.15, 0.2) is 0 Å². The molecule has 0 atom stereocenters. The van der Waals surface area contributed by atoms with Crippen LogP contribution < -0.4 is 0 Å². The molecular weight excluding hydrogens is 435 g/mol. The average Bonchev–Trinajstić information content (AvgIpc) is 2.82. The van der Waals surface area contributed by atoms with Gasteiger partial charge < -0.3 is 14.2 Å². The minimum atomic E-state index is -1.72. The maximum Gasteiger partial charge on any atom is 0.372 e. The highest BCUT2D eigenvalue weighted by atomic mass is 35.5. The van der Waals surface area contributed by atoms with Crippen LogP contribution >= 0.6 is 23.2 Å². The fraction of sp³-hybridized carbons (Fsp3) is 0.240. The van der Waals surface area contributed by atoms with Gasteiger partial charge in [0, 0.05) is 5.56 Å².